The lowest BCUT2D eigenvalue weighted by Crippen LogP contribution is -2.47. The second-order valence-electron chi connectivity index (χ2n) is 4.51. The van der Waals surface area contributed by atoms with E-state index in [0.717, 1.165) is 6.54 Å². The smallest absolute Gasteiger partial charge is 0.148 e. The van der Waals surface area contributed by atoms with Crippen molar-refractivity contribution < 1.29 is 8.42 Å². The minimum atomic E-state index is -2.84. The molecule has 0 saturated carbocycles. The summed E-state index contributed by atoms with van der Waals surface area (Å²) in [6, 6.07) is 0. The monoisotopic (exact) mass is 222 g/mol. The van der Waals surface area contributed by atoms with Gasteiger partial charge in [0.1, 0.15) is 9.84 Å². The Morgan fingerprint density at radius 1 is 1.29 bits per heavy atom. The SMILES string of the molecule is CN(C)C(C)(C)CNCCS(C)(=O)=O. The molecule has 0 atom stereocenters. The van der Waals surface area contributed by atoms with E-state index in [1.807, 2.05) is 14.1 Å². The van der Waals surface area contributed by atoms with Gasteiger partial charge in [0, 0.05) is 24.9 Å². The number of nitrogens with one attached hydrogen (secondary N) is 1. The van der Waals surface area contributed by atoms with Crippen molar-refractivity contribution in [2.45, 2.75) is 19.4 Å². The van der Waals surface area contributed by atoms with Crippen LogP contribution >= 0.6 is 0 Å². The number of hydrogen-bond donors (Lipinski definition) is 1. The number of sulfone groups is 1. The first-order valence-electron chi connectivity index (χ1n) is 4.71. The molecule has 0 bridgehead atoms. The van der Waals surface area contributed by atoms with Crippen molar-refractivity contribution in [1.82, 2.24) is 10.2 Å². The number of hydrogen-bond acceptors (Lipinski definition) is 4. The van der Waals surface area contributed by atoms with E-state index in [4.69, 9.17) is 0 Å². The minimum Gasteiger partial charge on any atom is -0.314 e. The molecule has 0 aliphatic rings. The first-order chi connectivity index (χ1) is 6.15. The molecule has 5 heteroatoms. The summed E-state index contributed by atoms with van der Waals surface area (Å²) < 4.78 is 21.7. The van der Waals surface area contributed by atoms with Crippen molar-refractivity contribution in [1.29, 1.82) is 0 Å². The molecular formula is C9H22N2O2S. The summed E-state index contributed by atoms with van der Waals surface area (Å²) in [5.74, 6) is 0.205. The van der Waals surface area contributed by atoms with Gasteiger partial charge in [-0.25, -0.2) is 8.42 Å². The lowest BCUT2D eigenvalue weighted by Gasteiger charge is -2.32. The first kappa shape index (κ1) is 13.9. The highest BCUT2D eigenvalue weighted by Crippen LogP contribution is 2.07. The molecule has 0 fully saturated rings. The fourth-order valence-corrected chi connectivity index (χ4v) is 1.33. The van der Waals surface area contributed by atoms with E-state index in [1.54, 1.807) is 0 Å². The number of nitrogens with zero attached hydrogens (tertiary/aromatic N) is 1. The summed E-state index contributed by atoms with van der Waals surface area (Å²) >= 11 is 0. The van der Waals surface area contributed by atoms with Crippen LogP contribution in [0.15, 0.2) is 0 Å². The lowest BCUT2D eigenvalue weighted by atomic mass is 10.0. The molecule has 0 saturated heterocycles. The van der Waals surface area contributed by atoms with Crippen LogP contribution in [0.25, 0.3) is 0 Å². The summed E-state index contributed by atoms with van der Waals surface area (Å²) in [5.41, 5.74) is 0.0531. The van der Waals surface area contributed by atoms with E-state index in [-0.39, 0.29) is 11.3 Å². The molecule has 0 aliphatic carbocycles. The molecule has 0 heterocycles. The Kier molecular flexibility index (Phi) is 5.05. The van der Waals surface area contributed by atoms with Gasteiger partial charge in [-0.15, -0.1) is 0 Å². The second-order valence-corrected chi connectivity index (χ2v) is 6.77. The van der Waals surface area contributed by atoms with Gasteiger partial charge in [0.15, 0.2) is 0 Å². The maximum Gasteiger partial charge on any atom is 0.148 e. The number of likely N-dealkylation sites (N-methyl/N-ethyl adjacent to an activating group) is 1. The predicted molar refractivity (Wildman–Crippen MR) is 60.3 cm³/mol. The van der Waals surface area contributed by atoms with Crippen LogP contribution in [0.3, 0.4) is 0 Å². The van der Waals surface area contributed by atoms with E-state index in [0.29, 0.717) is 6.54 Å². The highest BCUT2D eigenvalue weighted by molar-refractivity contribution is 7.90. The van der Waals surface area contributed by atoms with Crippen LogP contribution in [0.2, 0.25) is 0 Å². The van der Waals surface area contributed by atoms with Gasteiger partial charge in [-0.1, -0.05) is 0 Å². The van der Waals surface area contributed by atoms with Crippen molar-refractivity contribution in [3.63, 3.8) is 0 Å². The third kappa shape index (κ3) is 6.34. The largest absolute Gasteiger partial charge is 0.314 e. The van der Waals surface area contributed by atoms with E-state index >= 15 is 0 Å². The van der Waals surface area contributed by atoms with E-state index < -0.39 is 9.84 Å². The Balaban J connectivity index is 3.76. The summed E-state index contributed by atoms with van der Waals surface area (Å²) in [6.07, 6.45) is 1.26. The van der Waals surface area contributed by atoms with Crippen molar-refractivity contribution in [3.05, 3.63) is 0 Å². The average molecular weight is 222 g/mol. The van der Waals surface area contributed by atoms with Crippen LogP contribution in [0.4, 0.5) is 0 Å². The zero-order valence-electron chi connectivity index (χ0n) is 9.79. The van der Waals surface area contributed by atoms with Crippen molar-refractivity contribution in [2.75, 3.05) is 39.2 Å². The zero-order valence-corrected chi connectivity index (χ0v) is 10.6. The fraction of sp³-hybridized carbons (Fsp3) is 1.00. The summed E-state index contributed by atoms with van der Waals surface area (Å²) in [6.45, 7) is 5.53. The van der Waals surface area contributed by atoms with Gasteiger partial charge in [-0.2, -0.15) is 0 Å². The van der Waals surface area contributed by atoms with Crippen LogP contribution in [-0.4, -0.2) is 58.1 Å². The highest BCUT2D eigenvalue weighted by atomic mass is 32.2. The number of rotatable bonds is 6. The zero-order chi connectivity index (χ0) is 11.4. The van der Waals surface area contributed by atoms with Crippen LogP contribution in [0.5, 0.6) is 0 Å². The molecular weight excluding hydrogens is 200 g/mol. The van der Waals surface area contributed by atoms with Gasteiger partial charge in [0.2, 0.25) is 0 Å². The van der Waals surface area contributed by atoms with Crippen molar-refractivity contribution in [3.8, 4) is 0 Å². The summed E-state index contributed by atoms with van der Waals surface area (Å²) in [4.78, 5) is 2.11. The molecule has 0 unspecified atom stereocenters. The molecule has 0 amide bonds. The van der Waals surface area contributed by atoms with Gasteiger partial charge >= 0.3 is 0 Å². The summed E-state index contributed by atoms with van der Waals surface area (Å²) in [5, 5.41) is 3.14. The highest BCUT2D eigenvalue weighted by Gasteiger charge is 2.19. The molecule has 0 radical (unpaired) electrons. The Morgan fingerprint density at radius 2 is 1.79 bits per heavy atom. The van der Waals surface area contributed by atoms with Gasteiger partial charge < -0.3 is 10.2 Å². The average Bonchev–Trinajstić information content (AvgIpc) is 1.96. The second kappa shape index (κ2) is 5.09. The molecule has 4 nitrogen and oxygen atoms in total. The normalized spacial score (nSPS) is 13.6. The Labute approximate surface area is 87.6 Å². The molecule has 1 N–H and O–H groups in total. The Bertz CT molecular complexity index is 258. The standard InChI is InChI=1S/C9H22N2O2S/c1-9(2,11(3)4)8-10-6-7-14(5,12)13/h10H,6-8H2,1-5H3. The van der Waals surface area contributed by atoms with Gasteiger partial charge in [0.05, 0.1) is 5.75 Å². The molecule has 0 aromatic carbocycles. The topological polar surface area (TPSA) is 49.4 Å². The van der Waals surface area contributed by atoms with E-state index in [9.17, 15) is 8.42 Å². The molecule has 0 spiro atoms. The van der Waals surface area contributed by atoms with Gasteiger partial charge in [-0.3, -0.25) is 0 Å². The molecule has 0 aliphatic heterocycles. The van der Waals surface area contributed by atoms with Crippen LogP contribution in [0, 0.1) is 0 Å². The van der Waals surface area contributed by atoms with Crippen molar-refractivity contribution >= 4 is 9.84 Å². The Hall–Kier alpha value is -0.130. The third-order valence-corrected chi connectivity index (χ3v) is 3.36. The summed E-state index contributed by atoms with van der Waals surface area (Å²) in [7, 11) is 1.19. The van der Waals surface area contributed by atoms with E-state index in [1.165, 1.54) is 6.26 Å². The first-order valence-corrected chi connectivity index (χ1v) is 6.77. The molecule has 0 aromatic rings. The lowest BCUT2D eigenvalue weighted by molar-refractivity contribution is 0.191. The van der Waals surface area contributed by atoms with Gasteiger partial charge in [-0.05, 0) is 27.9 Å². The Morgan fingerprint density at radius 3 is 2.14 bits per heavy atom. The van der Waals surface area contributed by atoms with Crippen LogP contribution in [0.1, 0.15) is 13.8 Å². The minimum absolute atomic E-state index is 0.0531. The van der Waals surface area contributed by atoms with Crippen molar-refractivity contribution in [2.24, 2.45) is 0 Å². The quantitative estimate of drug-likeness (QED) is 0.641. The molecule has 0 aromatic heterocycles. The molecule has 86 valence electrons. The molecule has 0 rings (SSSR count). The van der Waals surface area contributed by atoms with E-state index in [2.05, 4.69) is 24.1 Å². The predicted octanol–water partition coefficient (Wildman–Crippen LogP) is -0.0392. The maximum atomic E-state index is 10.8. The van der Waals surface area contributed by atoms with Crippen LogP contribution < -0.4 is 5.32 Å². The fourth-order valence-electron chi connectivity index (χ4n) is 0.810. The van der Waals surface area contributed by atoms with Gasteiger partial charge in [0.25, 0.3) is 0 Å². The van der Waals surface area contributed by atoms with Crippen LogP contribution in [-0.2, 0) is 9.84 Å². The molecule has 14 heavy (non-hydrogen) atoms. The third-order valence-electron chi connectivity index (χ3n) is 2.42. The maximum absolute atomic E-state index is 10.8.